The van der Waals surface area contributed by atoms with Crippen molar-refractivity contribution in [2.24, 2.45) is 4.99 Å². The van der Waals surface area contributed by atoms with Gasteiger partial charge in [-0.2, -0.15) is 0 Å². The molecule has 0 aliphatic carbocycles. The van der Waals surface area contributed by atoms with Gasteiger partial charge in [0.1, 0.15) is 6.10 Å². The molecule has 182 valence electrons. The predicted octanol–water partition coefficient (Wildman–Crippen LogP) is 8.02. The SMILES string of the molecule is CCCCCCCCCCCC1=CC(=C2C(OCCC)C=C(c3ccc[nH]3)N2C)N=C1CC. The number of unbranched alkanes of at least 4 members (excludes halogenated alkanes) is 8. The maximum atomic E-state index is 6.25. The molecule has 0 bridgehead atoms. The lowest BCUT2D eigenvalue weighted by Gasteiger charge is -2.22. The van der Waals surface area contributed by atoms with E-state index in [0.717, 1.165) is 43.0 Å². The zero-order chi connectivity index (χ0) is 23.5. The van der Waals surface area contributed by atoms with E-state index >= 15 is 0 Å². The number of hydrogen-bond donors (Lipinski definition) is 1. The van der Waals surface area contributed by atoms with Gasteiger partial charge >= 0.3 is 0 Å². The second kappa shape index (κ2) is 13.6. The number of ether oxygens (including phenoxy) is 1. The summed E-state index contributed by atoms with van der Waals surface area (Å²) in [4.78, 5) is 10.7. The summed E-state index contributed by atoms with van der Waals surface area (Å²) in [5.74, 6) is 0. The van der Waals surface area contributed by atoms with Gasteiger partial charge in [0.2, 0.25) is 0 Å². The Balaban J connectivity index is 1.63. The van der Waals surface area contributed by atoms with Crippen LogP contribution in [0.3, 0.4) is 0 Å². The van der Waals surface area contributed by atoms with Gasteiger partial charge in [-0.3, -0.25) is 4.99 Å². The number of H-pyrrole nitrogens is 1. The highest BCUT2D eigenvalue weighted by molar-refractivity contribution is 6.03. The van der Waals surface area contributed by atoms with E-state index in [0.29, 0.717) is 0 Å². The van der Waals surface area contributed by atoms with Crippen molar-refractivity contribution in [2.45, 2.75) is 104 Å². The van der Waals surface area contributed by atoms with Gasteiger partial charge in [0.25, 0.3) is 0 Å². The summed E-state index contributed by atoms with van der Waals surface area (Å²) >= 11 is 0. The largest absolute Gasteiger partial charge is 0.368 e. The number of nitrogens with one attached hydrogen (secondary N) is 1. The van der Waals surface area contributed by atoms with Gasteiger partial charge in [-0.05, 0) is 55.5 Å². The highest BCUT2D eigenvalue weighted by Crippen LogP contribution is 2.37. The van der Waals surface area contributed by atoms with Gasteiger partial charge in [-0.1, -0.05) is 72.1 Å². The highest BCUT2D eigenvalue weighted by atomic mass is 16.5. The minimum absolute atomic E-state index is 0.0478. The molecule has 2 aliphatic rings. The number of aromatic nitrogens is 1. The molecule has 1 atom stereocenters. The molecule has 0 aromatic carbocycles. The van der Waals surface area contributed by atoms with Crippen LogP contribution in [0.25, 0.3) is 5.70 Å². The number of hydrogen-bond acceptors (Lipinski definition) is 3. The summed E-state index contributed by atoms with van der Waals surface area (Å²) in [5.41, 5.74) is 7.22. The number of aliphatic imine (C=N–C) groups is 1. The van der Waals surface area contributed by atoms with Gasteiger partial charge in [-0.15, -0.1) is 0 Å². The van der Waals surface area contributed by atoms with Gasteiger partial charge in [0.05, 0.1) is 22.8 Å². The first kappa shape index (κ1) is 25.6. The van der Waals surface area contributed by atoms with Crippen LogP contribution in [0.5, 0.6) is 0 Å². The van der Waals surface area contributed by atoms with Crippen LogP contribution < -0.4 is 0 Å². The Kier molecular flexibility index (Phi) is 10.5. The monoisotopic (exact) mass is 451 g/mol. The smallest absolute Gasteiger partial charge is 0.120 e. The van der Waals surface area contributed by atoms with Crippen molar-refractivity contribution >= 4 is 11.4 Å². The lowest BCUT2D eigenvalue weighted by Crippen LogP contribution is -2.21. The molecule has 2 aliphatic heterocycles. The molecule has 4 nitrogen and oxygen atoms in total. The second-order valence-corrected chi connectivity index (χ2v) is 9.42. The van der Waals surface area contributed by atoms with Crippen LogP contribution in [0.4, 0.5) is 0 Å². The molecule has 1 unspecified atom stereocenters. The van der Waals surface area contributed by atoms with Gasteiger partial charge in [0, 0.05) is 25.6 Å². The van der Waals surface area contributed by atoms with Crippen LogP contribution in [0.2, 0.25) is 0 Å². The predicted molar refractivity (Wildman–Crippen MR) is 141 cm³/mol. The first-order valence-corrected chi connectivity index (χ1v) is 13.4. The average Bonchev–Trinajstić information content (AvgIpc) is 3.55. The van der Waals surface area contributed by atoms with E-state index in [1.807, 2.05) is 12.3 Å². The zero-order valence-electron chi connectivity index (χ0n) is 21.5. The van der Waals surface area contributed by atoms with Gasteiger partial charge in [-0.25, -0.2) is 0 Å². The fourth-order valence-corrected chi connectivity index (χ4v) is 4.88. The minimum atomic E-state index is -0.0478. The molecule has 4 heteroatoms. The number of rotatable bonds is 15. The van der Waals surface area contributed by atoms with E-state index in [1.165, 1.54) is 74.8 Å². The van der Waals surface area contributed by atoms with Crippen molar-refractivity contribution in [3.05, 3.63) is 53.1 Å². The van der Waals surface area contributed by atoms with Crippen LogP contribution in [-0.4, -0.2) is 35.4 Å². The number of allylic oxidation sites excluding steroid dienone is 2. The fraction of sp³-hybridized carbons (Fsp3) is 0.621. The van der Waals surface area contributed by atoms with E-state index in [1.54, 1.807) is 0 Å². The molecule has 1 aromatic heterocycles. The van der Waals surface area contributed by atoms with Crippen LogP contribution in [0.1, 0.15) is 104 Å². The molecule has 33 heavy (non-hydrogen) atoms. The maximum Gasteiger partial charge on any atom is 0.120 e. The van der Waals surface area contributed by atoms with Crippen molar-refractivity contribution in [3.63, 3.8) is 0 Å². The molecule has 1 aromatic rings. The normalized spacial score (nSPS) is 20.4. The number of likely N-dealkylation sites (N-methyl/N-ethyl adjacent to an activating group) is 1. The Labute approximate surface area is 201 Å². The lowest BCUT2D eigenvalue weighted by atomic mass is 10.0. The van der Waals surface area contributed by atoms with Crippen molar-refractivity contribution in [1.82, 2.24) is 9.88 Å². The van der Waals surface area contributed by atoms with Crippen molar-refractivity contribution in [3.8, 4) is 0 Å². The third kappa shape index (κ3) is 6.96. The molecular weight excluding hydrogens is 406 g/mol. The molecule has 0 saturated carbocycles. The fourth-order valence-electron chi connectivity index (χ4n) is 4.88. The average molecular weight is 452 g/mol. The first-order chi connectivity index (χ1) is 16.2. The van der Waals surface area contributed by atoms with E-state index in [9.17, 15) is 0 Å². The summed E-state index contributed by atoms with van der Waals surface area (Å²) < 4.78 is 6.25. The zero-order valence-corrected chi connectivity index (χ0v) is 21.5. The molecule has 3 heterocycles. The minimum Gasteiger partial charge on any atom is -0.368 e. The molecular formula is C29H45N3O. The summed E-state index contributed by atoms with van der Waals surface area (Å²) in [5, 5.41) is 0. The highest BCUT2D eigenvalue weighted by Gasteiger charge is 2.32. The Morgan fingerprint density at radius 3 is 2.33 bits per heavy atom. The molecule has 0 spiro atoms. The van der Waals surface area contributed by atoms with Gasteiger partial charge in [0.15, 0.2) is 0 Å². The first-order valence-electron chi connectivity index (χ1n) is 13.4. The van der Waals surface area contributed by atoms with Crippen LogP contribution in [-0.2, 0) is 4.74 Å². The molecule has 1 N–H and O–H groups in total. The Morgan fingerprint density at radius 1 is 0.970 bits per heavy atom. The van der Waals surface area contributed by atoms with E-state index in [-0.39, 0.29) is 6.10 Å². The van der Waals surface area contributed by atoms with E-state index in [2.05, 4.69) is 55.9 Å². The van der Waals surface area contributed by atoms with E-state index in [4.69, 9.17) is 9.73 Å². The van der Waals surface area contributed by atoms with E-state index < -0.39 is 0 Å². The summed E-state index contributed by atoms with van der Waals surface area (Å²) in [6.07, 6.45) is 21.9. The third-order valence-corrected chi connectivity index (χ3v) is 6.76. The summed E-state index contributed by atoms with van der Waals surface area (Å²) in [6.45, 7) is 7.42. The molecule has 0 radical (unpaired) electrons. The van der Waals surface area contributed by atoms with Crippen LogP contribution in [0.15, 0.2) is 52.4 Å². The van der Waals surface area contributed by atoms with Gasteiger partial charge < -0.3 is 14.6 Å². The Morgan fingerprint density at radius 2 is 1.70 bits per heavy atom. The summed E-state index contributed by atoms with van der Waals surface area (Å²) in [6, 6.07) is 4.16. The molecule has 0 saturated heterocycles. The molecule has 0 amide bonds. The summed E-state index contributed by atoms with van der Waals surface area (Å²) in [7, 11) is 2.14. The lowest BCUT2D eigenvalue weighted by molar-refractivity contribution is 0.102. The van der Waals surface area contributed by atoms with Crippen molar-refractivity contribution < 1.29 is 4.74 Å². The molecule has 0 fully saturated rings. The third-order valence-electron chi connectivity index (χ3n) is 6.76. The second-order valence-electron chi connectivity index (χ2n) is 9.42. The number of aromatic amines is 1. The van der Waals surface area contributed by atoms with Crippen molar-refractivity contribution in [2.75, 3.05) is 13.7 Å². The topological polar surface area (TPSA) is 40.6 Å². The van der Waals surface area contributed by atoms with Crippen LogP contribution >= 0.6 is 0 Å². The quantitative estimate of drug-likeness (QED) is 0.274. The standard InChI is InChI=1S/C29H45N3O/c1-5-8-9-10-11-12-13-14-15-17-23-21-26(31-24(23)7-3)29-28(33-20-6-2)22-27(32(29)4)25-18-16-19-30-25/h16,18-19,21-22,28,30H,5-15,17,20H2,1-4H3. The number of nitrogens with zero attached hydrogens (tertiary/aromatic N) is 2. The maximum absolute atomic E-state index is 6.25. The Hall–Kier alpha value is -2.07. The Bertz CT molecular complexity index is 844. The van der Waals surface area contributed by atoms with Crippen LogP contribution in [0, 0.1) is 0 Å². The van der Waals surface area contributed by atoms with Crippen molar-refractivity contribution in [1.29, 1.82) is 0 Å². The molecule has 3 rings (SSSR count).